The largest absolute Gasteiger partial charge is 0.459 e. The first-order chi connectivity index (χ1) is 9.81. The van der Waals surface area contributed by atoms with Gasteiger partial charge in [-0.15, -0.1) is 0 Å². The maximum atomic E-state index is 5.19. The van der Waals surface area contributed by atoms with Gasteiger partial charge < -0.3 is 14.3 Å². The van der Waals surface area contributed by atoms with E-state index in [4.69, 9.17) is 8.94 Å². The summed E-state index contributed by atoms with van der Waals surface area (Å²) in [6.45, 7) is 3.29. The Morgan fingerprint density at radius 1 is 1.45 bits per heavy atom. The average Bonchev–Trinajstić information content (AvgIpc) is 3.18. The van der Waals surface area contributed by atoms with Crippen molar-refractivity contribution in [3.63, 3.8) is 0 Å². The summed E-state index contributed by atoms with van der Waals surface area (Å²) in [7, 11) is 0. The van der Waals surface area contributed by atoms with E-state index < -0.39 is 0 Å². The van der Waals surface area contributed by atoms with Crippen molar-refractivity contribution < 1.29 is 8.94 Å². The van der Waals surface area contributed by atoms with Gasteiger partial charge in [0.05, 0.1) is 19.4 Å². The molecule has 3 rings (SSSR count). The number of rotatable bonds is 6. The number of furan rings is 1. The van der Waals surface area contributed by atoms with Gasteiger partial charge in [0.15, 0.2) is 11.6 Å². The molecule has 1 N–H and O–H groups in total. The van der Waals surface area contributed by atoms with E-state index >= 15 is 0 Å². The third kappa shape index (κ3) is 2.91. The van der Waals surface area contributed by atoms with E-state index in [0.29, 0.717) is 24.0 Å². The molecule has 3 aromatic rings. The molecule has 8 nitrogen and oxygen atoms in total. The summed E-state index contributed by atoms with van der Waals surface area (Å²) in [5.41, 5.74) is 0. The first-order valence-corrected chi connectivity index (χ1v) is 6.23. The van der Waals surface area contributed by atoms with Crippen LogP contribution in [0.3, 0.4) is 0 Å². The minimum absolute atomic E-state index is 0.210. The number of aromatic nitrogens is 5. The number of nitrogens with one attached hydrogen (secondary N) is 1. The standard InChI is InChI=1S/C12H14N6O2/c1-9(6-18-8-13-7-15-18)14-5-11-16-12(20-17-11)10-3-2-4-19-10/h2-4,7-9,14H,5-6H2,1H3. The fourth-order valence-electron chi connectivity index (χ4n) is 1.76. The highest BCUT2D eigenvalue weighted by Gasteiger charge is 2.11. The molecule has 0 radical (unpaired) electrons. The molecule has 3 heterocycles. The second-order valence-corrected chi connectivity index (χ2v) is 4.39. The highest BCUT2D eigenvalue weighted by atomic mass is 16.5. The Morgan fingerprint density at radius 2 is 2.40 bits per heavy atom. The molecule has 0 amide bonds. The fraction of sp³-hybridized carbons (Fsp3) is 0.333. The van der Waals surface area contributed by atoms with Gasteiger partial charge >= 0.3 is 0 Å². The first kappa shape index (κ1) is 12.5. The van der Waals surface area contributed by atoms with Crippen molar-refractivity contribution in [1.82, 2.24) is 30.2 Å². The SMILES string of the molecule is CC(Cn1cncn1)NCc1noc(-c2ccco2)n1. The summed E-state index contributed by atoms with van der Waals surface area (Å²) in [5.74, 6) is 1.54. The molecule has 1 unspecified atom stereocenters. The molecule has 3 aromatic heterocycles. The van der Waals surface area contributed by atoms with Gasteiger partial charge in [0.2, 0.25) is 0 Å². The predicted molar refractivity (Wildman–Crippen MR) is 68.3 cm³/mol. The third-order valence-corrected chi connectivity index (χ3v) is 2.74. The van der Waals surface area contributed by atoms with Crippen molar-refractivity contribution >= 4 is 0 Å². The van der Waals surface area contributed by atoms with E-state index in [2.05, 4.69) is 32.5 Å². The van der Waals surface area contributed by atoms with Crippen molar-refractivity contribution in [2.24, 2.45) is 0 Å². The van der Waals surface area contributed by atoms with Gasteiger partial charge in [-0.3, -0.25) is 4.68 Å². The second kappa shape index (κ2) is 5.66. The summed E-state index contributed by atoms with van der Waals surface area (Å²) in [5, 5.41) is 11.2. The van der Waals surface area contributed by atoms with E-state index in [1.54, 1.807) is 29.4 Å². The summed E-state index contributed by atoms with van der Waals surface area (Å²) >= 11 is 0. The molecule has 0 saturated carbocycles. The van der Waals surface area contributed by atoms with Gasteiger partial charge in [-0.05, 0) is 19.1 Å². The summed E-state index contributed by atoms with van der Waals surface area (Å²) in [6.07, 6.45) is 4.76. The molecule has 0 spiro atoms. The Bertz CT molecular complexity index is 631. The molecule has 0 bridgehead atoms. The maximum absolute atomic E-state index is 5.19. The minimum atomic E-state index is 0.210. The van der Waals surface area contributed by atoms with Crippen LogP contribution >= 0.6 is 0 Å². The van der Waals surface area contributed by atoms with Crippen LogP contribution in [0.5, 0.6) is 0 Å². The maximum Gasteiger partial charge on any atom is 0.293 e. The average molecular weight is 274 g/mol. The van der Waals surface area contributed by atoms with Gasteiger partial charge in [0.25, 0.3) is 5.89 Å². The lowest BCUT2D eigenvalue weighted by molar-refractivity contribution is 0.398. The summed E-state index contributed by atoms with van der Waals surface area (Å²) < 4.78 is 12.1. The van der Waals surface area contributed by atoms with Crippen LogP contribution in [0.15, 0.2) is 40.0 Å². The van der Waals surface area contributed by atoms with Gasteiger partial charge in [0.1, 0.15) is 12.7 Å². The van der Waals surface area contributed by atoms with Crippen LogP contribution in [-0.4, -0.2) is 30.9 Å². The van der Waals surface area contributed by atoms with E-state index in [-0.39, 0.29) is 6.04 Å². The number of hydrogen-bond donors (Lipinski definition) is 1. The van der Waals surface area contributed by atoms with E-state index in [0.717, 1.165) is 6.54 Å². The van der Waals surface area contributed by atoms with E-state index in [1.807, 2.05) is 0 Å². The Kier molecular flexibility index (Phi) is 3.55. The molecule has 20 heavy (non-hydrogen) atoms. The second-order valence-electron chi connectivity index (χ2n) is 4.39. The van der Waals surface area contributed by atoms with Crippen LogP contribution in [0.4, 0.5) is 0 Å². The van der Waals surface area contributed by atoms with Gasteiger partial charge in [0, 0.05) is 6.04 Å². The molecule has 0 aliphatic heterocycles. The molecule has 1 atom stereocenters. The fourth-order valence-corrected chi connectivity index (χ4v) is 1.76. The lowest BCUT2D eigenvalue weighted by atomic mass is 10.3. The molecule has 8 heteroatoms. The zero-order valence-corrected chi connectivity index (χ0v) is 10.9. The van der Waals surface area contributed by atoms with Crippen LogP contribution in [0.25, 0.3) is 11.7 Å². The number of nitrogens with zero attached hydrogens (tertiary/aromatic N) is 5. The summed E-state index contributed by atoms with van der Waals surface area (Å²) in [4.78, 5) is 8.15. The Labute approximate surface area is 114 Å². The lowest BCUT2D eigenvalue weighted by Crippen LogP contribution is -2.30. The Hall–Kier alpha value is -2.48. The van der Waals surface area contributed by atoms with E-state index in [9.17, 15) is 0 Å². The van der Waals surface area contributed by atoms with Gasteiger partial charge in [-0.25, -0.2) is 4.98 Å². The summed E-state index contributed by atoms with van der Waals surface area (Å²) in [6, 6.07) is 3.76. The van der Waals surface area contributed by atoms with Crippen molar-refractivity contribution in [3.8, 4) is 11.7 Å². The lowest BCUT2D eigenvalue weighted by Gasteiger charge is -2.11. The molecule has 104 valence electrons. The Morgan fingerprint density at radius 3 is 3.15 bits per heavy atom. The monoisotopic (exact) mass is 274 g/mol. The van der Waals surface area contributed by atoms with Crippen LogP contribution in [0, 0.1) is 0 Å². The molecule has 0 aliphatic rings. The van der Waals surface area contributed by atoms with Crippen molar-refractivity contribution in [2.45, 2.75) is 26.1 Å². The van der Waals surface area contributed by atoms with Crippen LogP contribution in [0.1, 0.15) is 12.7 Å². The smallest absolute Gasteiger partial charge is 0.293 e. The van der Waals surface area contributed by atoms with Crippen LogP contribution in [0.2, 0.25) is 0 Å². The zero-order valence-electron chi connectivity index (χ0n) is 10.9. The van der Waals surface area contributed by atoms with Crippen molar-refractivity contribution in [1.29, 1.82) is 0 Å². The minimum Gasteiger partial charge on any atom is -0.459 e. The topological polar surface area (TPSA) is 94.8 Å². The van der Waals surface area contributed by atoms with Crippen LogP contribution < -0.4 is 5.32 Å². The molecule has 0 saturated heterocycles. The van der Waals surface area contributed by atoms with Crippen LogP contribution in [-0.2, 0) is 13.1 Å². The molecule has 0 fully saturated rings. The molecule has 0 aliphatic carbocycles. The molecular weight excluding hydrogens is 260 g/mol. The molecular formula is C12H14N6O2. The predicted octanol–water partition coefficient (Wildman–Crippen LogP) is 1.10. The van der Waals surface area contributed by atoms with Crippen molar-refractivity contribution in [3.05, 3.63) is 36.9 Å². The van der Waals surface area contributed by atoms with Crippen molar-refractivity contribution in [2.75, 3.05) is 0 Å². The normalized spacial score (nSPS) is 12.7. The highest BCUT2D eigenvalue weighted by Crippen LogP contribution is 2.16. The zero-order chi connectivity index (χ0) is 13.8. The Balaban J connectivity index is 1.53. The third-order valence-electron chi connectivity index (χ3n) is 2.74. The quantitative estimate of drug-likeness (QED) is 0.719. The van der Waals surface area contributed by atoms with Gasteiger partial charge in [-0.2, -0.15) is 10.1 Å². The highest BCUT2D eigenvalue weighted by molar-refractivity contribution is 5.42. The molecule has 0 aromatic carbocycles. The van der Waals surface area contributed by atoms with Gasteiger partial charge in [-0.1, -0.05) is 5.16 Å². The number of hydrogen-bond acceptors (Lipinski definition) is 7. The van der Waals surface area contributed by atoms with E-state index in [1.165, 1.54) is 6.33 Å². The first-order valence-electron chi connectivity index (χ1n) is 6.23.